The first-order valence-electron chi connectivity index (χ1n) is 8.84. The maximum Gasteiger partial charge on any atom is 0.193 e. The van der Waals surface area contributed by atoms with Crippen LogP contribution in [0.2, 0.25) is 0 Å². The van der Waals surface area contributed by atoms with Gasteiger partial charge in [-0.2, -0.15) is 0 Å². The van der Waals surface area contributed by atoms with Gasteiger partial charge in [-0.1, -0.05) is 18.2 Å². The maximum atomic E-state index is 6.05. The molecule has 0 bridgehead atoms. The average Bonchev–Trinajstić information content (AvgIpc) is 2.57. The molecular formula is C21H29N3O2. The number of benzene rings is 2. The predicted molar refractivity (Wildman–Crippen MR) is 108 cm³/mol. The fraction of sp³-hybridized carbons (Fsp3) is 0.381. The second kappa shape index (κ2) is 9.82. The summed E-state index contributed by atoms with van der Waals surface area (Å²) in [6.07, 6.45) is 0.851. The van der Waals surface area contributed by atoms with E-state index in [-0.39, 0.29) is 0 Å². The smallest absolute Gasteiger partial charge is 0.193 e. The van der Waals surface area contributed by atoms with Crippen LogP contribution in [0.5, 0.6) is 5.75 Å². The topological polar surface area (TPSA) is 68.9 Å². The zero-order chi connectivity index (χ0) is 18.9. The van der Waals surface area contributed by atoms with Crippen molar-refractivity contribution in [2.75, 3.05) is 25.6 Å². The maximum absolute atomic E-state index is 6.05. The third kappa shape index (κ3) is 6.41. The number of methoxy groups -OCH3 is 1. The van der Waals surface area contributed by atoms with E-state index in [1.54, 1.807) is 7.11 Å². The number of ether oxygens (including phenoxy) is 2. The summed E-state index contributed by atoms with van der Waals surface area (Å²) in [7, 11) is 1.69. The molecule has 0 unspecified atom stereocenters. The summed E-state index contributed by atoms with van der Waals surface area (Å²) < 4.78 is 11.0. The van der Waals surface area contributed by atoms with Crippen LogP contribution in [0, 0.1) is 20.8 Å². The van der Waals surface area contributed by atoms with Crippen molar-refractivity contribution in [1.82, 2.24) is 0 Å². The molecule has 3 N–H and O–H groups in total. The van der Waals surface area contributed by atoms with Crippen molar-refractivity contribution in [3.63, 3.8) is 0 Å². The average molecular weight is 355 g/mol. The lowest BCUT2D eigenvalue weighted by Gasteiger charge is -2.12. The van der Waals surface area contributed by atoms with Crippen molar-refractivity contribution in [3.05, 3.63) is 58.7 Å². The number of aryl methyl sites for hydroxylation is 3. The molecule has 0 spiro atoms. The molecule has 0 fully saturated rings. The van der Waals surface area contributed by atoms with Crippen molar-refractivity contribution >= 4 is 11.6 Å². The fourth-order valence-corrected chi connectivity index (χ4v) is 2.72. The molecule has 0 aliphatic heterocycles. The highest BCUT2D eigenvalue weighted by molar-refractivity contribution is 5.92. The van der Waals surface area contributed by atoms with E-state index in [0.29, 0.717) is 25.7 Å². The lowest BCUT2D eigenvalue weighted by atomic mass is 10.1. The summed E-state index contributed by atoms with van der Waals surface area (Å²) >= 11 is 0. The van der Waals surface area contributed by atoms with E-state index < -0.39 is 0 Å². The highest BCUT2D eigenvalue weighted by Crippen LogP contribution is 2.21. The van der Waals surface area contributed by atoms with Crippen LogP contribution in [-0.2, 0) is 11.3 Å². The Kier molecular flexibility index (Phi) is 7.48. The van der Waals surface area contributed by atoms with E-state index in [1.165, 1.54) is 11.1 Å². The number of hydrogen-bond acceptors (Lipinski definition) is 3. The molecule has 0 heterocycles. The molecule has 0 saturated carbocycles. The van der Waals surface area contributed by atoms with Gasteiger partial charge in [-0.15, -0.1) is 0 Å². The van der Waals surface area contributed by atoms with E-state index in [4.69, 9.17) is 15.2 Å². The van der Waals surface area contributed by atoms with Gasteiger partial charge < -0.3 is 20.5 Å². The second-order valence-electron chi connectivity index (χ2n) is 6.51. The summed E-state index contributed by atoms with van der Waals surface area (Å²) in [5.74, 6) is 1.24. The molecule has 0 radical (unpaired) electrons. The number of hydrogen-bond donors (Lipinski definition) is 2. The first kappa shape index (κ1) is 19.8. The van der Waals surface area contributed by atoms with Crippen molar-refractivity contribution in [2.45, 2.75) is 33.7 Å². The van der Waals surface area contributed by atoms with E-state index >= 15 is 0 Å². The van der Waals surface area contributed by atoms with E-state index in [1.807, 2.05) is 31.2 Å². The molecule has 0 aromatic heterocycles. The van der Waals surface area contributed by atoms with Crippen LogP contribution >= 0.6 is 0 Å². The van der Waals surface area contributed by atoms with E-state index in [2.05, 4.69) is 36.3 Å². The molecule has 0 aliphatic rings. The molecule has 5 heteroatoms. The summed E-state index contributed by atoms with van der Waals surface area (Å²) in [6, 6.07) is 12.3. The predicted octanol–water partition coefficient (Wildman–Crippen LogP) is 3.95. The number of nitrogens with one attached hydrogen (secondary N) is 1. The SMILES string of the molecule is COCCCOc1cc(C)ccc1CN=C(N)Nc1cc(C)cc(C)c1. The summed E-state index contributed by atoms with van der Waals surface area (Å²) in [5.41, 5.74) is 11.5. The molecule has 0 saturated heterocycles. The van der Waals surface area contributed by atoms with Crippen LogP contribution in [0.15, 0.2) is 41.4 Å². The Bertz CT molecular complexity index is 737. The van der Waals surface area contributed by atoms with Gasteiger partial charge in [0.1, 0.15) is 5.75 Å². The molecule has 26 heavy (non-hydrogen) atoms. The minimum Gasteiger partial charge on any atom is -0.493 e. The Balaban J connectivity index is 2.03. The summed E-state index contributed by atoms with van der Waals surface area (Å²) in [6.45, 7) is 7.93. The van der Waals surface area contributed by atoms with Gasteiger partial charge >= 0.3 is 0 Å². The quantitative estimate of drug-likeness (QED) is 0.427. The van der Waals surface area contributed by atoms with Crippen LogP contribution < -0.4 is 15.8 Å². The minimum atomic E-state index is 0.390. The zero-order valence-electron chi connectivity index (χ0n) is 16.1. The molecule has 2 rings (SSSR count). The third-order valence-electron chi connectivity index (χ3n) is 3.89. The molecule has 140 valence electrons. The van der Waals surface area contributed by atoms with Gasteiger partial charge in [0.05, 0.1) is 13.2 Å². The third-order valence-corrected chi connectivity index (χ3v) is 3.89. The fourth-order valence-electron chi connectivity index (χ4n) is 2.72. The van der Waals surface area contributed by atoms with E-state index in [0.717, 1.165) is 29.0 Å². The van der Waals surface area contributed by atoms with Gasteiger partial charge in [-0.05, 0) is 55.7 Å². The Hall–Kier alpha value is -2.53. The monoisotopic (exact) mass is 355 g/mol. The Labute approximate surface area is 156 Å². The van der Waals surface area contributed by atoms with Gasteiger partial charge in [0.2, 0.25) is 0 Å². The highest BCUT2D eigenvalue weighted by Gasteiger charge is 2.05. The molecule has 0 amide bonds. The van der Waals surface area contributed by atoms with Gasteiger partial charge in [-0.25, -0.2) is 4.99 Å². The molecule has 2 aromatic carbocycles. The number of guanidine groups is 1. The minimum absolute atomic E-state index is 0.390. The number of rotatable bonds is 8. The highest BCUT2D eigenvalue weighted by atomic mass is 16.5. The van der Waals surface area contributed by atoms with Crippen LogP contribution in [0.25, 0.3) is 0 Å². The standard InChI is InChI=1S/C21H29N3O2/c1-15-6-7-18(20(13-15)26-9-5-8-25-4)14-23-21(22)24-19-11-16(2)10-17(3)12-19/h6-7,10-13H,5,8-9,14H2,1-4H3,(H3,22,23,24). The zero-order valence-corrected chi connectivity index (χ0v) is 16.1. The number of anilines is 1. The number of nitrogens with zero attached hydrogens (tertiary/aromatic N) is 1. The van der Waals surface area contributed by atoms with Crippen LogP contribution in [0.4, 0.5) is 5.69 Å². The Morgan fingerprint density at radius 1 is 1.00 bits per heavy atom. The first-order chi connectivity index (χ1) is 12.5. The molecule has 2 aromatic rings. The summed E-state index contributed by atoms with van der Waals surface area (Å²) in [4.78, 5) is 4.46. The molecule has 5 nitrogen and oxygen atoms in total. The Morgan fingerprint density at radius 2 is 1.73 bits per heavy atom. The van der Waals surface area contributed by atoms with Gasteiger partial charge in [-0.3, -0.25) is 0 Å². The van der Waals surface area contributed by atoms with E-state index in [9.17, 15) is 0 Å². The van der Waals surface area contributed by atoms with Crippen molar-refractivity contribution in [1.29, 1.82) is 0 Å². The largest absolute Gasteiger partial charge is 0.493 e. The number of nitrogens with two attached hydrogens (primary N) is 1. The van der Waals surface area contributed by atoms with Gasteiger partial charge in [0.15, 0.2) is 5.96 Å². The van der Waals surface area contributed by atoms with Crippen LogP contribution in [0.1, 0.15) is 28.7 Å². The molecule has 0 atom stereocenters. The summed E-state index contributed by atoms with van der Waals surface area (Å²) in [5, 5.41) is 3.15. The van der Waals surface area contributed by atoms with Crippen molar-refractivity contribution in [2.24, 2.45) is 10.7 Å². The van der Waals surface area contributed by atoms with Crippen molar-refractivity contribution in [3.8, 4) is 5.75 Å². The van der Waals surface area contributed by atoms with Crippen LogP contribution in [0.3, 0.4) is 0 Å². The normalized spacial score (nSPS) is 11.5. The van der Waals surface area contributed by atoms with Gasteiger partial charge in [0.25, 0.3) is 0 Å². The van der Waals surface area contributed by atoms with Crippen molar-refractivity contribution < 1.29 is 9.47 Å². The lowest BCUT2D eigenvalue weighted by molar-refractivity contribution is 0.172. The van der Waals surface area contributed by atoms with Gasteiger partial charge in [0, 0.05) is 31.4 Å². The number of aliphatic imine (C=N–C) groups is 1. The first-order valence-corrected chi connectivity index (χ1v) is 8.84. The molecule has 0 aliphatic carbocycles. The molecular weight excluding hydrogens is 326 g/mol. The van der Waals surface area contributed by atoms with Crippen LogP contribution in [-0.4, -0.2) is 26.3 Å². The second-order valence-corrected chi connectivity index (χ2v) is 6.51. The Morgan fingerprint density at radius 3 is 2.42 bits per heavy atom. The lowest BCUT2D eigenvalue weighted by Crippen LogP contribution is -2.22.